The van der Waals surface area contributed by atoms with Gasteiger partial charge < -0.3 is 15.2 Å². The monoisotopic (exact) mass is 452 g/mol. The molecule has 2 N–H and O–H groups in total. The third-order valence-electron chi connectivity index (χ3n) is 4.81. The zero-order valence-corrected chi connectivity index (χ0v) is 18.4. The molecule has 0 aromatic heterocycles. The van der Waals surface area contributed by atoms with Gasteiger partial charge >= 0.3 is 0 Å². The number of morpholine rings is 1. The SMILES string of the molecule is CC1CN(S(=O)(=O)c2cc(C(=O)Nc3ccc(CCO)cc3)ccc2Cl)CC(C)O1. The molecule has 0 bridgehead atoms. The fraction of sp³-hybridized carbons (Fsp3) is 0.381. The van der Waals surface area contributed by atoms with Crippen molar-refractivity contribution in [2.45, 2.75) is 37.4 Å². The van der Waals surface area contributed by atoms with E-state index in [1.807, 2.05) is 26.0 Å². The topological polar surface area (TPSA) is 95.9 Å². The molecule has 2 unspecified atom stereocenters. The average Bonchev–Trinajstić information content (AvgIpc) is 2.69. The summed E-state index contributed by atoms with van der Waals surface area (Å²) < 4.78 is 33.3. The van der Waals surface area contributed by atoms with Crippen LogP contribution in [0.5, 0.6) is 0 Å². The van der Waals surface area contributed by atoms with E-state index in [2.05, 4.69) is 5.32 Å². The lowest BCUT2D eigenvalue weighted by Gasteiger charge is -2.34. The highest BCUT2D eigenvalue weighted by atomic mass is 35.5. The molecule has 3 rings (SSSR count). The number of hydrogen-bond acceptors (Lipinski definition) is 5. The Morgan fingerprint density at radius 1 is 1.17 bits per heavy atom. The Kier molecular flexibility index (Phi) is 7.15. The van der Waals surface area contributed by atoms with Crippen LogP contribution in [-0.4, -0.2) is 55.6 Å². The van der Waals surface area contributed by atoms with Crippen molar-refractivity contribution in [1.82, 2.24) is 4.31 Å². The standard InChI is InChI=1S/C21H25ClN2O5S/c1-14-12-24(13-15(2)29-14)30(27,28)20-11-17(5-8-19(20)22)21(26)23-18-6-3-16(4-7-18)9-10-25/h3-8,11,14-15,25H,9-10,12-13H2,1-2H3,(H,23,26). The number of ether oxygens (including phenoxy) is 1. The molecule has 0 spiro atoms. The molecule has 1 aliphatic heterocycles. The van der Waals surface area contributed by atoms with Crippen molar-refractivity contribution < 1.29 is 23.1 Å². The van der Waals surface area contributed by atoms with Gasteiger partial charge in [0.1, 0.15) is 4.90 Å². The van der Waals surface area contributed by atoms with Crippen LogP contribution in [0.25, 0.3) is 0 Å². The van der Waals surface area contributed by atoms with Crippen LogP contribution in [0.3, 0.4) is 0 Å². The molecule has 30 heavy (non-hydrogen) atoms. The number of hydrogen-bond donors (Lipinski definition) is 2. The largest absolute Gasteiger partial charge is 0.396 e. The Balaban J connectivity index is 1.82. The van der Waals surface area contributed by atoms with Gasteiger partial charge in [-0.3, -0.25) is 4.79 Å². The highest BCUT2D eigenvalue weighted by molar-refractivity contribution is 7.89. The molecule has 1 heterocycles. The number of carbonyl (C=O) groups excluding carboxylic acids is 1. The van der Waals surface area contributed by atoms with E-state index >= 15 is 0 Å². The number of aliphatic hydroxyl groups excluding tert-OH is 1. The number of rotatable bonds is 6. The second-order valence-corrected chi connectivity index (χ2v) is 9.66. The number of nitrogens with one attached hydrogen (secondary N) is 1. The lowest BCUT2D eigenvalue weighted by molar-refractivity contribution is -0.0440. The van der Waals surface area contributed by atoms with Crippen molar-refractivity contribution in [3.63, 3.8) is 0 Å². The van der Waals surface area contributed by atoms with Crippen LogP contribution in [0.4, 0.5) is 5.69 Å². The van der Waals surface area contributed by atoms with Gasteiger partial charge in [-0.05, 0) is 56.2 Å². The van der Waals surface area contributed by atoms with Gasteiger partial charge in [0.15, 0.2) is 0 Å². The zero-order chi connectivity index (χ0) is 21.9. The van der Waals surface area contributed by atoms with E-state index in [0.717, 1.165) is 5.56 Å². The summed E-state index contributed by atoms with van der Waals surface area (Å²) in [6.45, 7) is 4.12. The summed E-state index contributed by atoms with van der Waals surface area (Å²) in [6.07, 6.45) is 0.0657. The summed E-state index contributed by atoms with van der Waals surface area (Å²) >= 11 is 6.20. The third kappa shape index (κ3) is 5.19. The summed E-state index contributed by atoms with van der Waals surface area (Å²) in [5.41, 5.74) is 1.70. The number of carbonyl (C=O) groups is 1. The van der Waals surface area contributed by atoms with Gasteiger partial charge in [-0.25, -0.2) is 8.42 Å². The van der Waals surface area contributed by atoms with Crippen molar-refractivity contribution >= 4 is 33.2 Å². The van der Waals surface area contributed by atoms with Gasteiger partial charge in [0, 0.05) is 30.9 Å². The number of halogens is 1. The number of sulfonamides is 1. The van der Waals surface area contributed by atoms with Gasteiger partial charge in [-0.1, -0.05) is 23.7 Å². The molecule has 1 saturated heterocycles. The van der Waals surface area contributed by atoms with E-state index in [-0.39, 0.29) is 47.4 Å². The smallest absolute Gasteiger partial charge is 0.255 e. The second kappa shape index (κ2) is 9.45. The van der Waals surface area contributed by atoms with E-state index in [1.54, 1.807) is 12.1 Å². The summed E-state index contributed by atoms with van der Waals surface area (Å²) in [5, 5.41) is 11.8. The first-order valence-corrected chi connectivity index (χ1v) is 11.5. The minimum absolute atomic E-state index is 0.0500. The highest BCUT2D eigenvalue weighted by Gasteiger charge is 2.33. The first kappa shape index (κ1) is 22.7. The van der Waals surface area contributed by atoms with Crippen LogP contribution in [0.1, 0.15) is 29.8 Å². The van der Waals surface area contributed by atoms with Crippen LogP contribution in [0.15, 0.2) is 47.4 Å². The van der Waals surface area contributed by atoms with E-state index in [1.165, 1.54) is 22.5 Å². The summed E-state index contributed by atoms with van der Waals surface area (Å²) in [5.74, 6) is -0.443. The van der Waals surface area contributed by atoms with Crippen LogP contribution < -0.4 is 5.32 Å². The summed E-state index contributed by atoms with van der Waals surface area (Å²) in [6, 6.07) is 11.3. The molecule has 162 valence electrons. The number of anilines is 1. The van der Waals surface area contributed by atoms with Gasteiger partial charge in [0.25, 0.3) is 5.91 Å². The molecule has 0 saturated carbocycles. The second-order valence-electron chi connectivity index (χ2n) is 7.35. The zero-order valence-electron chi connectivity index (χ0n) is 16.8. The maximum absolute atomic E-state index is 13.2. The highest BCUT2D eigenvalue weighted by Crippen LogP contribution is 2.28. The van der Waals surface area contributed by atoms with E-state index in [4.69, 9.17) is 21.4 Å². The molecule has 7 nitrogen and oxygen atoms in total. The lowest BCUT2D eigenvalue weighted by Crippen LogP contribution is -2.48. The Morgan fingerprint density at radius 3 is 2.40 bits per heavy atom. The van der Waals surface area contributed by atoms with E-state index in [9.17, 15) is 13.2 Å². The molecule has 9 heteroatoms. The maximum atomic E-state index is 13.2. The number of nitrogens with zero attached hydrogens (tertiary/aromatic N) is 1. The Bertz CT molecular complexity index is 1000. The van der Waals surface area contributed by atoms with Crippen LogP contribution in [0, 0.1) is 0 Å². The fourth-order valence-electron chi connectivity index (χ4n) is 3.40. The van der Waals surface area contributed by atoms with Crippen molar-refractivity contribution in [3.8, 4) is 0 Å². The first-order chi connectivity index (χ1) is 14.2. The summed E-state index contributed by atoms with van der Waals surface area (Å²) in [7, 11) is -3.88. The fourth-order valence-corrected chi connectivity index (χ4v) is 5.49. The molecule has 2 atom stereocenters. The Hall–Kier alpha value is -1.97. The van der Waals surface area contributed by atoms with Crippen LogP contribution >= 0.6 is 11.6 Å². The summed E-state index contributed by atoms with van der Waals surface area (Å²) in [4.78, 5) is 12.6. The molecular weight excluding hydrogens is 428 g/mol. The van der Waals surface area contributed by atoms with Crippen molar-refractivity contribution in [2.75, 3.05) is 25.0 Å². The molecule has 1 aliphatic rings. The normalized spacial score (nSPS) is 20.1. The van der Waals surface area contributed by atoms with Gasteiger partial charge in [0.2, 0.25) is 10.0 Å². The average molecular weight is 453 g/mol. The van der Waals surface area contributed by atoms with Crippen molar-refractivity contribution in [2.24, 2.45) is 0 Å². The molecular formula is C21H25ClN2O5S. The minimum atomic E-state index is -3.88. The van der Waals surface area contributed by atoms with Crippen LogP contribution in [0.2, 0.25) is 5.02 Å². The van der Waals surface area contributed by atoms with Gasteiger partial charge in [0.05, 0.1) is 17.2 Å². The third-order valence-corrected chi connectivity index (χ3v) is 7.12. The predicted octanol–water partition coefficient (Wildman–Crippen LogP) is 2.93. The molecule has 0 aliphatic carbocycles. The molecule has 1 amide bonds. The first-order valence-electron chi connectivity index (χ1n) is 9.67. The van der Waals surface area contributed by atoms with Gasteiger partial charge in [-0.2, -0.15) is 4.31 Å². The maximum Gasteiger partial charge on any atom is 0.255 e. The quantitative estimate of drug-likeness (QED) is 0.702. The molecule has 2 aromatic carbocycles. The predicted molar refractivity (Wildman–Crippen MR) is 115 cm³/mol. The lowest BCUT2D eigenvalue weighted by atomic mass is 10.1. The molecule has 1 fully saturated rings. The number of benzene rings is 2. The van der Waals surface area contributed by atoms with E-state index < -0.39 is 15.9 Å². The number of amides is 1. The Labute approximate surface area is 181 Å². The van der Waals surface area contributed by atoms with E-state index in [0.29, 0.717) is 12.1 Å². The van der Waals surface area contributed by atoms with Crippen molar-refractivity contribution in [1.29, 1.82) is 0 Å². The molecule has 2 aromatic rings. The van der Waals surface area contributed by atoms with Gasteiger partial charge in [-0.15, -0.1) is 0 Å². The molecule has 0 radical (unpaired) electrons. The van der Waals surface area contributed by atoms with Crippen LogP contribution in [-0.2, 0) is 21.2 Å². The van der Waals surface area contributed by atoms with Crippen molar-refractivity contribution in [3.05, 3.63) is 58.6 Å². The number of aliphatic hydroxyl groups is 1. The Morgan fingerprint density at radius 2 is 1.80 bits per heavy atom. The minimum Gasteiger partial charge on any atom is -0.396 e.